The standard InChI is InChI=1S/C21H23N5O2/c1-4-28-18-11-7-16(8-12-18)19-13-20(24-23-19)21(27)25-22-14-15-5-9-17(10-6-15)26(2)3/h5-14H,4H2,1-3H3,(H,23,24)(H,25,27)/b22-14-. The van der Waals surface area contributed by atoms with Gasteiger partial charge in [-0.3, -0.25) is 9.89 Å². The lowest BCUT2D eigenvalue weighted by molar-refractivity contribution is 0.0950. The summed E-state index contributed by atoms with van der Waals surface area (Å²) in [6, 6.07) is 17.1. The van der Waals surface area contributed by atoms with E-state index in [0.717, 1.165) is 22.6 Å². The van der Waals surface area contributed by atoms with Crippen LogP contribution in [0.5, 0.6) is 5.75 Å². The highest BCUT2D eigenvalue weighted by Crippen LogP contribution is 2.21. The maximum atomic E-state index is 12.2. The van der Waals surface area contributed by atoms with E-state index >= 15 is 0 Å². The van der Waals surface area contributed by atoms with Gasteiger partial charge < -0.3 is 9.64 Å². The van der Waals surface area contributed by atoms with Crippen LogP contribution < -0.4 is 15.1 Å². The van der Waals surface area contributed by atoms with Gasteiger partial charge in [-0.25, -0.2) is 5.43 Å². The first-order valence-electron chi connectivity index (χ1n) is 8.96. The molecule has 1 aromatic heterocycles. The molecule has 7 nitrogen and oxygen atoms in total. The largest absolute Gasteiger partial charge is 0.494 e. The topological polar surface area (TPSA) is 82.6 Å². The summed E-state index contributed by atoms with van der Waals surface area (Å²) in [5.74, 6) is 0.443. The Kier molecular flexibility index (Phi) is 6.06. The molecule has 0 unspecified atom stereocenters. The lowest BCUT2D eigenvalue weighted by Crippen LogP contribution is -2.18. The number of aromatic nitrogens is 2. The lowest BCUT2D eigenvalue weighted by Gasteiger charge is -2.11. The number of aromatic amines is 1. The third kappa shape index (κ3) is 4.76. The van der Waals surface area contributed by atoms with Crippen LogP contribution in [0.3, 0.4) is 0 Å². The molecule has 2 N–H and O–H groups in total. The summed E-state index contributed by atoms with van der Waals surface area (Å²) >= 11 is 0. The van der Waals surface area contributed by atoms with E-state index in [-0.39, 0.29) is 5.91 Å². The summed E-state index contributed by atoms with van der Waals surface area (Å²) < 4.78 is 5.43. The first kappa shape index (κ1) is 19.2. The Hall–Kier alpha value is -3.61. The highest BCUT2D eigenvalue weighted by Gasteiger charge is 2.10. The van der Waals surface area contributed by atoms with Gasteiger partial charge >= 0.3 is 0 Å². The number of benzene rings is 2. The molecule has 2 aromatic carbocycles. The molecule has 0 saturated heterocycles. The molecule has 0 fully saturated rings. The summed E-state index contributed by atoms with van der Waals surface area (Å²) in [5, 5.41) is 10.9. The van der Waals surface area contributed by atoms with E-state index in [4.69, 9.17) is 4.74 Å². The van der Waals surface area contributed by atoms with E-state index in [1.807, 2.05) is 74.4 Å². The zero-order chi connectivity index (χ0) is 19.9. The predicted octanol–water partition coefficient (Wildman–Crippen LogP) is 3.31. The number of H-pyrrole nitrogens is 1. The maximum absolute atomic E-state index is 12.2. The van der Waals surface area contributed by atoms with Gasteiger partial charge in [-0.15, -0.1) is 0 Å². The van der Waals surface area contributed by atoms with Gasteiger partial charge in [-0.1, -0.05) is 12.1 Å². The number of hydrogen-bond donors (Lipinski definition) is 2. The van der Waals surface area contributed by atoms with Gasteiger partial charge in [0.15, 0.2) is 0 Å². The van der Waals surface area contributed by atoms with Gasteiger partial charge in [0, 0.05) is 25.3 Å². The summed E-state index contributed by atoms with van der Waals surface area (Å²) in [7, 11) is 3.96. The number of hydrazone groups is 1. The fourth-order valence-electron chi connectivity index (χ4n) is 2.56. The third-order valence-corrected chi connectivity index (χ3v) is 4.07. The maximum Gasteiger partial charge on any atom is 0.289 e. The Bertz CT molecular complexity index is 944. The van der Waals surface area contributed by atoms with E-state index in [2.05, 4.69) is 20.7 Å². The molecule has 7 heteroatoms. The number of rotatable bonds is 7. The molecule has 28 heavy (non-hydrogen) atoms. The first-order valence-corrected chi connectivity index (χ1v) is 8.96. The van der Waals surface area contributed by atoms with Crippen LogP contribution in [0.4, 0.5) is 5.69 Å². The number of carbonyl (C=O) groups excluding carboxylic acids is 1. The monoisotopic (exact) mass is 377 g/mol. The number of hydrogen-bond acceptors (Lipinski definition) is 5. The predicted molar refractivity (Wildman–Crippen MR) is 111 cm³/mol. The molecule has 144 valence electrons. The Balaban J connectivity index is 1.60. The van der Waals surface area contributed by atoms with Gasteiger partial charge in [-0.05, 0) is 55.0 Å². The van der Waals surface area contributed by atoms with Crippen LogP contribution in [-0.4, -0.2) is 43.0 Å². The number of ether oxygens (including phenoxy) is 1. The van der Waals surface area contributed by atoms with Gasteiger partial charge in [0.1, 0.15) is 11.4 Å². The molecule has 0 radical (unpaired) electrons. The summed E-state index contributed by atoms with van der Waals surface area (Å²) in [6.45, 7) is 2.56. The molecule has 3 rings (SSSR count). The molecule has 1 amide bonds. The number of carbonyl (C=O) groups is 1. The molecule has 3 aromatic rings. The van der Waals surface area contributed by atoms with Crippen molar-refractivity contribution in [2.75, 3.05) is 25.6 Å². The van der Waals surface area contributed by atoms with E-state index in [9.17, 15) is 4.79 Å². The van der Waals surface area contributed by atoms with Crippen molar-refractivity contribution < 1.29 is 9.53 Å². The molecular weight excluding hydrogens is 354 g/mol. The summed E-state index contributed by atoms with van der Waals surface area (Å²) in [5.41, 5.74) is 6.40. The van der Waals surface area contributed by atoms with E-state index in [0.29, 0.717) is 18.0 Å². The Morgan fingerprint density at radius 1 is 1.18 bits per heavy atom. The third-order valence-electron chi connectivity index (χ3n) is 4.07. The molecule has 1 heterocycles. The molecule has 0 spiro atoms. The van der Waals surface area contributed by atoms with Gasteiger partial charge in [0.05, 0.1) is 18.5 Å². The van der Waals surface area contributed by atoms with Crippen molar-refractivity contribution in [3.05, 3.63) is 65.9 Å². The average Bonchev–Trinajstić information content (AvgIpc) is 3.19. The second-order valence-corrected chi connectivity index (χ2v) is 6.31. The Morgan fingerprint density at radius 3 is 2.54 bits per heavy atom. The fourth-order valence-corrected chi connectivity index (χ4v) is 2.56. The quantitative estimate of drug-likeness (QED) is 0.489. The number of amides is 1. The molecule has 0 saturated carbocycles. The highest BCUT2D eigenvalue weighted by atomic mass is 16.5. The molecule has 0 aliphatic carbocycles. The van der Waals surface area contributed by atoms with Crippen LogP contribution in [0.2, 0.25) is 0 Å². The minimum absolute atomic E-state index is 0.337. The number of nitrogens with zero attached hydrogens (tertiary/aromatic N) is 3. The molecule has 0 aliphatic heterocycles. The minimum atomic E-state index is -0.356. The van der Waals surface area contributed by atoms with Gasteiger partial charge in [0.2, 0.25) is 0 Å². The lowest BCUT2D eigenvalue weighted by atomic mass is 10.1. The molecule has 0 atom stereocenters. The van der Waals surface area contributed by atoms with Gasteiger partial charge in [0.25, 0.3) is 5.91 Å². The highest BCUT2D eigenvalue weighted by molar-refractivity contribution is 5.94. The normalized spacial score (nSPS) is 10.8. The van der Waals surface area contributed by atoms with Crippen molar-refractivity contribution in [3.63, 3.8) is 0 Å². The summed E-state index contributed by atoms with van der Waals surface area (Å²) in [6.07, 6.45) is 1.60. The molecule has 0 bridgehead atoms. The number of nitrogens with one attached hydrogen (secondary N) is 2. The zero-order valence-corrected chi connectivity index (χ0v) is 16.1. The second-order valence-electron chi connectivity index (χ2n) is 6.31. The van der Waals surface area contributed by atoms with Crippen LogP contribution in [-0.2, 0) is 0 Å². The van der Waals surface area contributed by atoms with Crippen LogP contribution in [0.15, 0.2) is 59.7 Å². The van der Waals surface area contributed by atoms with Crippen molar-refractivity contribution in [1.82, 2.24) is 15.6 Å². The minimum Gasteiger partial charge on any atom is -0.494 e. The Morgan fingerprint density at radius 2 is 1.89 bits per heavy atom. The van der Waals surface area contributed by atoms with Crippen LogP contribution in [0.1, 0.15) is 23.0 Å². The van der Waals surface area contributed by atoms with E-state index < -0.39 is 0 Å². The van der Waals surface area contributed by atoms with Crippen molar-refractivity contribution in [1.29, 1.82) is 0 Å². The summed E-state index contributed by atoms with van der Waals surface area (Å²) in [4.78, 5) is 14.3. The van der Waals surface area contributed by atoms with E-state index in [1.165, 1.54) is 0 Å². The zero-order valence-electron chi connectivity index (χ0n) is 16.1. The van der Waals surface area contributed by atoms with Crippen molar-refractivity contribution >= 4 is 17.8 Å². The van der Waals surface area contributed by atoms with E-state index in [1.54, 1.807) is 12.3 Å². The number of anilines is 1. The van der Waals surface area contributed by atoms with Crippen LogP contribution >= 0.6 is 0 Å². The second kappa shape index (κ2) is 8.85. The van der Waals surface area contributed by atoms with Crippen molar-refractivity contribution in [2.24, 2.45) is 5.10 Å². The molecular formula is C21H23N5O2. The Labute approximate surface area is 164 Å². The fraction of sp³-hybridized carbons (Fsp3) is 0.190. The van der Waals surface area contributed by atoms with Crippen molar-refractivity contribution in [2.45, 2.75) is 6.92 Å². The molecule has 0 aliphatic rings. The van der Waals surface area contributed by atoms with Crippen LogP contribution in [0.25, 0.3) is 11.3 Å². The SMILES string of the molecule is CCOc1ccc(-c2cc(C(=O)N/N=C\c3ccc(N(C)C)cc3)[nH]n2)cc1. The van der Waals surface area contributed by atoms with Crippen LogP contribution in [0, 0.1) is 0 Å². The smallest absolute Gasteiger partial charge is 0.289 e. The van der Waals surface area contributed by atoms with Gasteiger partial charge in [-0.2, -0.15) is 10.2 Å². The first-order chi connectivity index (χ1) is 13.6. The average molecular weight is 377 g/mol. The van der Waals surface area contributed by atoms with Crippen molar-refractivity contribution in [3.8, 4) is 17.0 Å².